The predicted molar refractivity (Wildman–Crippen MR) is 72.8 cm³/mol. The number of carbonyl (C=O) groups is 2. The molecule has 1 unspecified atom stereocenters. The van der Waals surface area contributed by atoms with E-state index in [0.29, 0.717) is 13.1 Å². The minimum Gasteiger partial charge on any atom is -0.469 e. The van der Waals surface area contributed by atoms with Gasteiger partial charge in [0.15, 0.2) is 0 Å². The molecule has 6 nitrogen and oxygen atoms in total. The maximum atomic E-state index is 12.1. The molecule has 1 saturated heterocycles. The molecule has 0 aliphatic carbocycles. The Bertz CT molecular complexity index is 314. The van der Waals surface area contributed by atoms with E-state index in [1.165, 1.54) is 7.11 Å². The van der Waals surface area contributed by atoms with E-state index in [2.05, 4.69) is 16.7 Å². The van der Waals surface area contributed by atoms with Crippen LogP contribution in [0.2, 0.25) is 0 Å². The fourth-order valence-electron chi connectivity index (χ4n) is 2.19. The van der Waals surface area contributed by atoms with Crippen LogP contribution in [0.25, 0.3) is 0 Å². The molecule has 1 amide bonds. The normalized spacial score (nSPS) is 18.5. The topological polar surface area (TPSA) is 53.1 Å². The second kappa shape index (κ2) is 7.45. The molecule has 0 saturated carbocycles. The van der Waals surface area contributed by atoms with E-state index in [9.17, 15) is 9.59 Å². The summed E-state index contributed by atoms with van der Waals surface area (Å²) in [6.07, 6.45) is 0. The van der Waals surface area contributed by atoms with Gasteiger partial charge in [-0.1, -0.05) is 6.92 Å². The number of methoxy groups -OCH3 is 1. The molecule has 1 rings (SSSR count). The van der Waals surface area contributed by atoms with Crippen molar-refractivity contribution in [3.63, 3.8) is 0 Å². The van der Waals surface area contributed by atoms with Gasteiger partial charge in [-0.25, -0.2) is 0 Å². The molecule has 6 heteroatoms. The number of carbonyl (C=O) groups excluding carboxylic acids is 2. The number of ether oxygens (including phenoxy) is 1. The van der Waals surface area contributed by atoms with Crippen molar-refractivity contribution in [2.45, 2.75) is 6.92 Å². The second-order valence-corrected chi connectivity index (χ2v) is 5.31. The maximum Gasteiger partial charge on any atom is 0.309 e. The Morgan fingerprint density at radius 1 is 1.26 bits per heavy atom. The van der Waals surface area contributed by atoms with Crippen molar-refractivity contribution in [3.05, 3.63) is 0 Å². The molecule has 1 aliphatic rings. The van der Waals surface area contributed by atoms with Crippen molar-refractivity contribution >= 4 is 11.9 Å². The van der Waals surface area contributed by atoms with Gasteiger partial charge < -0.3 is 14.5 Å². The first-order chi connectivity index (χ1) is 8.93. The zero-order chi connectivity index (χ0) is 14.4. The van der Waals surface area contributed by atoms with E-state index in [4.69, 9.17) is 0 Å². The molecule has 110 valence electrons. The quantitative estimate of drug-likeness (QED) is 0.631. The van der Waals surface area contributed by atoms with Crippen molar-refractivity contribution in [1.29, 1.82) is 0 Å². The number of amides is 1. The Balaban J connectivity index is 2.33. The molecule has 0 aromatic heterocycles. The summed E-state index contributed by atoms with van der Waals surface area (Å²) in [5, 5.41) is 0. The molecule has 1 fully saturated rings. The van der Waals surface area contributed by atoms with Crippen LogP contribution in [0.3, 0.4) is 0 Å². The van der Waals surface area contributed by atoms with Gasteiger partial charge in [0.05, 0.1) is 19.6 Å². The lowest BCUT2D eigenvalue weighted by Crippen LogP contribution is -2.50. The lowest BCUT2D eigenvalue weighted by Gasteiger charge is -2.33. The molecule has 19 heavy (non-hydrogen) atoms. The first kappa shape index (κ1) is 15.9. The first-order valence-electron chi connectivity index (χ1n) is 6.66. The third-order valence-corrected chi connectivity index (χ3v) is 3.45. The van der Waals surface area contributed by atoms with Gasteiger partial charge >= 0.3 is 5.97 Å². The molecular formula is C13H25N3O3. The lowest BCUT2D eigenvalue weighted by atomic mass is 10.2. The zero-order valence-corrected chi connectivity index (χ0v) is 12.4. The highest BCUT2D eigenvalue weighted by Gasteiger charge is 2.22. The summed E-state index contributed by atoms with van der Waals surface area (Å²) in [4.78, 5) is 29.4. The summed E-state index contributed by atoms with van der Waals surface area (Å²) in [5.41, 5.74) is 0. The maximum absolute atomic E-state index is 12.1. The summed E-state index contributed by atoms with van der Waals surface area (Å²) in [6, 6.07) is 0. The number of nitrogens with zero attached hydrogens (tertiary/aromatic N) is 3. The Morgan fingerprint density at radius 3 is 2.37 bits per heavy atom. The van der Waals surface area contributed by atoms with Crippen molar-refractivity contribution in [2.75, 3.05) is 60.5 Å². The molecule has 0 N–H and O–H groups in total. The third kappa shape index (κ3) is 5.16. The molecule has 0 aromatic carbocycles. The second-order valence-electron chi connectivity index (χ2n) is 5.31. The summed E-state index contributed by atoms with van der Waals surface area (Å²) >= 11 is 0. The van der Waals surface area contributed by atoms with E-state index in [0.717, 1.165) is 26.2 Å². The lowest BCUT2D eigenvalue weighted by molar-refractivity contribution is -0.146. The number of hydrogen-bond acceptors (Lipinski definition) is 5. The molecule has 0 radical (unpaired) electrons. The highest BCUT2D eigenvalue weighted by Crippen LogP contribution is 2.03. The zero-order valence-electron chi connectivity index (χ0n) is 12.4. The van der Waals surface area contributed by atoms with Crippen LogP contribution in [-0.4, -0.2) is 87.0 Å². The molecule has 1 heterocycles. The van der Waals surface area contributed by atoms with Crippen molar-refractivity contribution < 1.29 is 14.3 Å². The van der Waals surface area contributed by atoms with Crippen LogP contribution in [-0.2, 0) is 14.3 Å². The van der Waals surface area contributed by atoms with Crippen LogP contribution >= 0.6 is 0 Å². The average Bonchev–Trinajstić information content (AvgIpc) is 2.38. The molecule has 0 bridgehead atoms. The molecule has 1 aliphatic heterocycles. The van der Waals surface area contributed by atoms with Crippen molar-refractivity contribution in [3.8, 4) is 0 Å². The third-order valence-electron chi connectivity index (χ3n) is 3.45. The van der Waals surface area contributed by atoms with E-state index in [1.807, 2.05) is 23.8 Å². The standard InChI is InChI=1S/C13H25N3O3/c1-11(13(18)19-4)9-15(3)10-12(17)16-7-5-14(2)6-8-16/h11H,5-10H2,1-4H3. The van der Waals surface area contributed by atoms with Gasteiger partial charge in [0.25, 0.3) is 0 Å². The summed E-state index contributed by atoms with van der Waals surface area (Å²) in [7, 11) is 5.30. The number of likely N-dealkylation sites (N-methyl/N-ethyl adjacent to an activating group) is 2. The summed E-state index contributed by atoms with van der Waals surface area (Å²) < 4.78 is 4.68. The number of esters is 1. The SMILES string of the molecule is COC(=O)C(C)CN(C)CC(=O)N1CCN(C)CC1. The van der Waals surface area contributed by atoms with Gasteiger partial charge in [-0.05, 0) is 14.1 Å². The van der Waals surface area contributed by atoms with E-state index >= 15 is 0 Å². The van der Waals surface area contributed by atoms with Gasteiger partial charge in [-0.2, -0.15) is 0 Å². The van der Waals surface area contributed by atoms with E-state index in [-0.39, 0.29) is 17.8 Å². The molecule has 0 aromatic rings. The molecular weight excluding hydrogens is 246 g/mol. The molecule has 0 spiro atoms. The van der Waals surface area contributed by atoms with Crippen molar-refractivity contribution in [1.82, 2.24) is 14.7 Å². The van der Waals surface area contributed by atoms with Crippen LogP contribution in [0.15, 0.2) is 0 Å². The Hall–Kier alpha value is -1.14. The van der Waals surface area contributed by atoms with Crippen LogP contribution < -0.4 is 0 Å². The van der Waals surface area contributed by atoms with Crippen LogP contribution in [0, 0.1) is 5.92 Å². The Labute approximate surface area is 115 Å². The Kier molecular flexibility index (Phi) is 6.24. The molecule has 1 atom stereocenters. The predicted octanol–water partition coefficient (Wildman–Crippen LogP) is -0.499. The number of piperazine rings is 1. The highest BCUT2D eigenvalue weighted by molar-refractivity contribution is 5.78. The average molecular weight is 271 g/mol. The first-order valence-corrected chi connectivity index (χ1v) is 6.66. The van der Waals surface area contributed by atoms with Gasteiger partial charge in [0.2, 0.25) is 5.91 Å². The summed E-state index contributed by atoms with van der Waals surface area (Å²) in [5.74, 6) is -0.318. The van der Waals surface area contributed by atoms with Gasteiger partial charge in [0, 0.05) is 32.7 Å². The number of rotatable bonds is 5. The minimum absolute atomic E-state index is 0.132. The van der Waals surface area contributed by atoms with Crippen molar-refractivity contribution in [2.24, 2.45) is 5.92 Å². The van der Waals surface area contributed by atoms with Crippen LogP contribution in [0.5, 0.6) is 0 Å². The monoisotopic (exact) mass is 271 g/mol. The van der Waals surface area contributed by atoms with Crippen LogP contribution in [0.1, 0.15) is 6.92 Å². The largest absolute Gasteiger partial charge is 0.469 e. The number of hydrogen-bond donors (Lipinski definition) is 0. The van der Waals surface area contributed by atoms with E-state index in [1.54, 1.807) is 0 Å². The fourth-order valence-corrected chi connectivity index (χ4v) is 2.19. The van der Waals surface area contributed by atoms with Gasteiger partial charge in [-0.15, -0.1) is 0 Å². The minimum atomic E-state index is -0.237. The van der Waals surface area contributed by atoms with Crippen LogP contribution in [0.4, 0.5) is 0 Å². The summed E-state index contributed by atoms with van der Waals surface area (Å²) in [6.45, 7) is 6.12. The van der Waals surface area contributed by atoms with E-state index < -0.39 is 0 Å². The van der Waals surface area contributed by atoms with Gasteiger partial charge in [-0.3, -0.25) is 14.5 Å². The fraction of sp³-hybridized carbons (Fsp3) is 0.846. The Morgan fingerprint density at radius 2 is 1.84 bits per heavy atom. The van der Waals surface area contributed by atoms with Gasteiger partial charge in [0.1, 0.15) is 0 Å². The highest BCUT2D eigenvalue weighted by atomic mass is 16.5. The smallest absolute Gasteiger partial charge is 0.309 e.